The van der Waals surface area contributed by atoms with Crippen LogP contribution in [0.15, 0.2) is 0 Å². The van der Waals surface area contributed by atoms with Crippen molar-refractivity contribution in [3.63, 3.8) is 0 Å². The van der Waals surface area contributed by atoms with Gasteiger partial charge in [0, 0.05) is 31.7 Å². The maximum Gasteiger partial charge on any atom is 0.233 e. The minimum Gasteiger partial charge on any atom is -0.355 e. The highest BCUT2D eigenvalue weighted by Gasteiger charge is 2.44. The molecule has 0 bridgehead atoms. The minimum atomic E-state index is -0.277. The lowest BCUT2D eigenvalue weighted by Gasteiger charge is -2.24. The molecule has 5 nitrogen and oxygen atoms in total. The van der Waals surface area contributed by atoms with Crippen molar-refractivity contribution >= 4 is 30.4 Å². The van der Waals surface area contributed by atoms with Gasteiger partial charge in [-0.2, -0.15) is 12.6 Å². The second kappa shape index (κ2) is 6.41. The lowest BCUT2D eigenvalue weighted by atomic mass is 9.80. The van der Waals surface area contributed by atoms with E-state index in [-0.39, 0.29) is 48.4 Å². The zero-order valence-corrected chi connectivity index (χ0v) is 12.6. The summed E-state index contributed by atoms with van der Waals surface area (Å²) < 4.78 is 0. The first-order valence-electron chi connectivity index (χ1n) is 6.49. The number of likely N-dealkylation sites (tertiary alicyclic amines) is 1. The van der Waals surface area contributed by atoms with E-state index in [4.69, 9.17) is 0 Å². The van der Waals surface area contributed by atoms with E-state index in [1.807, 2.05) is 20.8 Å². The molecule has 1 heterocycles. The Bertz CT molecular complexity index is 377. The van der Waals surface area contributed by atoms with Crippen LogP contribution in [0.2, 0.25) is 0 Å². The Morgan fingerprint density at radius 3 is 2.53 bits per heavy atom. The number of hydrogen-bond donors (Lipinski definition) is 2. The number of carbonyl (C=O) groups excluding carboxylic acids is 3. The zero-order chi connectivity index (χ0) is 14.6. The second-order valence-corrected chi connectivity index (χ2v) is 6.28. The monoisotopic (exact) mass is 286 g/mol. The third kappa shape index (κ3) is 4.23. The Balaban J connectivity index is 2.53. The number of rotatable bonds is 5. The Labute approximate surface area is 119 Å². The molecule has 1 aliphatic rings. The highest BCUT2D eigenvalue weighted by molar-refractivity contribution is 7.80. The highest BCUT2D eigenvalue weighted by atomic mass is 32.1. The fraction of sp³-hybridized carbons (Fsp3) is 0.769. The van der Waals surface area contributed by atoms with Crippen molar-refractivity contribution in [1.82, 2.24) is 10.2 Å². The molecule has 3 amide bonds. The van der Waals surface area contributed by atoms with Gasteiger partial charge >= 0.3 is 0 Å². The topological polar surface area (TPSA) is 66.5 Å². The van der Waals surface area contributed by atoms with Crippen molar-refractivity contribution in [1.29, 1.82) is 0 Å². The van der Waals surface area contributed by atoms with Crippen molar-refractivity contribution in [2.45, 2.75) is 33.6 Å². The van der Waals surface area contributed by atoms with Crippen LogP contribution in [0.1, 0.15) is 33.6 Å². The van der Waals surface area contributed by atoms with E-state index in [1.165, 1.54) is 4.90 Å². The second-order valence-electron chi connectivity index (χ2n) is 5.83. The van der Waals surface area contributed by atoms with Gasteiger partial charge in [-0.3, -0.25) is 19.3 Å². The standard InChI is InChI=1S/C13H22N2O3S/c1-13(2,3)9-8-11(17)15(12(9)18)6-4-10(16)14-5-7-19/h9,19H,4-8H2,1-3H3,(H,14,16). The van der Waals surface area contributed by atoms with Crippen LogP contribution in [0.3, 0.4) is 0 Å². The molecule has 0 spiro atoms. The average molecular weight is 286 g/mol. The minimum absolute atomic E-state index is 0.153. The van der Waals surface area contributed by atoms with Crippen molar-refractivity contribution < 1.29 is 14.4 Å². The summed E-state index contributed by atoms with van der Waals surface area (Å²) in [7, 11) is 0. The van der Waals surface area contributed by atoms with Gasteiger partial charge in [0.2, 0.25) is 17.7 Å². The van der Waals surface area contributed by atoms with Crippen molar-refractivity contribution in [3.05, 3.63) is 0 Å². The summed E-state index contributed by atoms with van der Waals surface area (Å²) in [4.78, 5) is 36.7. The zero-order valence-electron chi connectivity index (χ0n) is 11.7. The van der Waals surface area contributed by atoms with Gasteiger partial charge < -0.3 is 5.32 Å². The third-order valence-electron chi connectivity index (χ3n) is 3.29. The fourth-order valence-electron chi connectivity index (χ4n) is 2.09. The van der Waals surface area contributed by atoms with E-state index >= 15 is 0 Å². The van der Waals surface area contributed by atoms with E-state index in [0.717, 1.165) is 0 Å². The molecular formula is C13H22N2O3S. The Morgan fingerprint density at radius 2 is 2.05 bits per heavy atom. The molecule has 6 heteroatoms. The van der Waals surface area contributed by atoms with Gasteiger partial charge in [-0.05, 0) is 5.41 Å². The highest BCUT2D eigenvalue weighted by Crippen LogP contribution is 2.35. The molecule has 0 aromatic rings. The molecule has 1 rings (SSSR count). The van der Waals surface area contributed by atoms with Gasteiger partial charge in [-0.1, -0.05) is 20.8 Å². The molecule has 1 atom stereocenters. The van der Waals surface area contributed by atoms with Crippen LogP contribution in [0.25, 0.3) is 0 Å². The quantitative estimate of drug-likeness (QED) is 0.581. The molecule has 0 aromatic carbocycles. The number of nitrogens with zero attached hydrogens (tertiary/aromatic N) is 1. The number of hydrogen-bond acceptors (Lipinski definition) is 4. The smallest absolute Gasteiger partial charge is 0.233 e. The van der Waals surface area contributed by atoms with Crippen LogP contribution >= 0.6 is 12.6 Å². The molecule has 1 fully saturated rings. The van der Waals surface area contributed by atoms with Crippen LogP contribution in [0.4, 0.5) is 0 Å². The number of carbonyl (C=O) groups is 3. The predicted molar refractivity (Wildman–Crippen MR) is 75.8 cm³/mol. The van der Waals surface area contributed by atoms with E-state index in [0.29, 0.717) is 12.3 Å². The molecule has 108 valence electrons. The molecule has 0 aromatic heterocycles. The summed E-state index contributed by atoms with van der Waals surface area (Å²) in [6.45, 7) is 6.51. The van der Waals surface area contributed by atoms with Crippen LogP contribution < -0.4 is 5.32 Å². The van der Waals surface area contributed by atoms with Gasteiger partial charge in [0.1, 0.15) is 0 Å². The van der Waals surface area contributed by atoms with E-state index < -0.39 is 0 Å². The first-order chi connectivity index (χ1) is 8.77. The maximum absolute atomic E-state index is 12.2. The molecular weight excluding hydrogens is 264 g/mol. The number of amides is 3. The number of nitrogens with one attached hydrogen (secondary N) is 1. The van der Waals surface area contributed by atoms with Crippen LogP contribution in [0, 0.1) is 11.3 Å². The summed E-state index contributed by atoms with van der Waals surface area (Å²) in [5.41, 5.74) is -0.226. The lowest BCUT2D eigenvalue weighted by Crippen LogP contribution is -2.37. The van der Waals surface area contributed by atoms with Crippen molar-refractivity contribution in [2.24, 2.45) is 11.3 Å². The maximum atomic E-state index is 12.2. The average Bonchev–Trinajstić information content (AvgIpc) is 2.59. The van der Waals surface area contributed by atoms with Gasteiger partial charge in [-0.15, -0.1) is 0 Å². The lowest BCUT2D eigenvalue weighted by molar-refractivity contribution is -0.140. The summed E-state index contributed by atoms with van der Waals surface area (Å²) in [5.74, 6) is -0.194. The van der Waals surface area contributed by atoms with Gasteiger partial charge in [-0.25, -0.2) is 0 Å². The number of thiol groups is 1. The van der Waals surface area contributed by atoms with E-state index in [1.54, 1.807) is 0 Å². The number of imide groups is 1. The molecule has 1 aliphatic heterocycles. The predicted octanol–water partition coefficient (Wildman–Crippen LogP) is 0.844. The largest absolute Gasteiger partial charge is 0.355 e. The van der Waals surface area contributed by atoms with E-state index in [9.17, 15) is 14.4 Å². The Hall–Kier alpha value is -1.04. The van der Waals surface area contributed by atoms with Gasteiger partial charge in [0.15, 0.2) is 0 Å². The molecule has 0 saturated carbocycles. The summed E-state index contributed by atoms with van der Waals surface area (Å²) in [5, 5.41) is 2.66. The molecule has 0 aliphatic carbocycles. The molecule has 1 saturated heterocycles. The van der Waals surface area contributed by atoms with Crippen LogP contribution in [0.5, 0.6) is 0 Å². The summed E-state index contributed by atoms with van der Waals surface area (Å²) in [6.07, 6.45) is 0.405. The molecule has 0 radical (unpaired) electrons. The first kappa shape index (κ1) is 16.0. The van der Waals surface area contributed by atoms with Crippen molar-refractivity contribution in [2.75, 3.05) is 18.8 Å². The van der Waals surface area contributed by atoms with Crippen LogP contribution in [-0.2, 0) is 14.4 Å². The summed E-state index contributed by atoms with van der Waals surface area (Å²) >= 11 is 3.99. The van der Waals surface area contributed by atoms with E-state index in [2.05, 4.69) is 17.9 Å². The van der Waals surface area contributed by atoms with Gasteiger partial charge in [0.05, 0.1) is 5.92 Å². The Morgan fingerprint density at radius 1 is 1.42 bits per heavy atom. The summed E-state index contributed by atoms with van der Waals surface area (Å²) in [6, 6.07) is 0. The van der Waals surface area contributed by atoms with Gasteiger partial charge in [0.25, 0.3) is 0 Å². The first-order valence-corrected chi connectivity index (χ1v) is 7.12. The molecule has 1 unspecified atom stereocenters. The molecule has 19 heavy (non-hydrogen) atoms. The fourth-order valence-corrected chi connectivity index (χ4v) is 2.20. The third-order valence-corrected chi connectivity index (χ3v) is 3.51. The normalized spacial score (nSPS) is 20.0. The van der Waals surface area contributed by atoms with Crippen LogP contribution in [-0.4, -0.2) is 41.5 Å². The van der Waals surface area contributed by atoms with Crippen molar-refractivity contribution in [3.8, 4) is 0 Å². The SMILES string of the molecule is CC(C)(C)C1CC(=O)N(CCC(=O)NCCS)C1=O. The molecule has 1 N–H and O–H groups in total. The Kier molecular flexibility index (Phi) is 5.40.